The van der Waals surface area contributed by atoms with Gasteiger partial charge in [0.15, 0.2) is 0 Å². The van der Waals surface area contributed by atoms with Crippen LogP contribution in [0.1, 0.15) is 33.1 Å². The predicted octanol–water partition coefficient (Wildman–Crippen LogP) is 2.95. The van der Waals surface area contributed by atoms with Crippen LogP contribution in [0.4, 0.5) is 13.2 Å². The fourth-order valence-corrected chi connectivity index (χ4v) is 1.27. The first-order valence-corrected chi connectivity index (χ1v) is 5.79. The van der Waals surface area contributed by atoms with Crippen LogP contribution in [-0.4, -0.2) is 13.9 Å². The highest BCUT2D eigenvalue weighted by molar-refractivity contribution is 7.87. The Labute approximate surface area is 87.0 Å². The predicted molar refractivity (Wildman–Crippen MR) is 49.3 cm³/mol. The standard InChI is InChI=1S/C8H13F3O3S/c1-3-4-5-6-7(2)14-15(12,13)8(9,10)11/h6H,3-5H2,1-2H3. The molecule has 0 rings (SSSR count). The van der Waals surface area contributed by atoms with Gasteiger partial charge in [0, 0.05) is 0 Å². The molecule has 0 fully saturated rings. The van der Waals surface area contributed by atoms with Gasteiger partial charge in [-0.3, -0.25) is 0 Å². The average Bonchev–Trinajstić information content (AvgIpc) is 2.01. The highest BCUT2D eigenvalue weighted by Gasteiger charge is 2.48. The highest BCUT2D eigenvalue weighted by atomic mass is 32.2. The van der Waals surface area contributed by atoms with E-state index in [1.54, 1.807) is 0 Å². The van der Waals surface area contributed by atoms with Crippen molar-refractivity contribution in [2.75, 3.05) is 0 Å². The molecule has 0 spiro atoms. The minimum atomic E-state index is -5.50. The molecule has 0 aromatic heterocycles. The second-order valence-corrected chi connectivity index (χ2v) is 4.48. The summed E-state index contributed by atoms with van der Waals surface area (Å²) in [5.41, 5.74) is -5.37. The molecule has 90 valence electrons. The first kappa shape index (κ1) is 14.3. The van der Waals surface area contributed by atoms with E-state index in [4.69, 9.17) is 0 Å². The Hall–Kier alpha value is -0.720. The van der Waals surface area contributed by atoms with Gasteiger partial charge in [-0.15, -0.1) is 0 Å². The van der Waals surface area contributed by atoms with Gasteiger partial charge in [-0.05, 0) is 25.8 Å². The highest BCUT2D eigenvalue weighted by Crippen LogP contribution is 2.26. The fourth-order valence-electron chi connectivity index (χ4n) is 0.764. The molecule has 15 heavy (non-hydrogen) atoms. The zero-order chi connectivity index (χ0) is 12.1. The van der Waals surface area contributed by atoms with Crippen LogP contribution in [0.15, 0.2) is 11.8 Å². The number of hydrogen-bond donors (Lipinski definition) is 0. The molecule has 0 N–H and O–H groups in total. The lowest BCUT2D eigenvalue weighted by Gasteiger charge is -2.09. The average molecular weight is 246 g/mol. The summed E-state index contributed by atoms with van der Waals surface area (Å²) < 4.78 is 60.4. The lowest BCUT2D eigenvalue weighted by atomic mass is 10.2. The number of allylic oxidation sites excluding steroid dienone is 2. The minimum Gasteiger partial charge on any atom is -0.381 e. The molecule has 0 aliphatic heterocycles. The van der Waals surface area contributed by atoms with E-state index in [0.717, 1.165) is 12.8 Å². The Morgan fingerprint density at radius 1 is 1.40 bits per heavy atom. The van der Waals surface area contributed by atoms with Crippen molar-refractivity contribution < 1.29 is 25.8 Å². The van der Waals surface area contributed by atoms with Crippen molar-refractivity contribution in [3.05, 3.63) is 11.8 Å². The molecule has 0 aromatic carbocycles. The van der Waals surface area contributed by atoms with Crippen LogP contribution in [0.2, 0.25) is 0 Å². The lowest BCUT2D eigenvalue weighted by molar-refractivity contribution is -0.0521. The van der Waals surface area contributed by atoms with E-state index in [9.17, 15) is 21.6 Å². The Bertz CT molecular complexity index is 317. The van der Waals surface area contributed by atoms with Crippen LogP contribution >= 0.6 is 0 Å². The molecule has 0 unspecified atom stereocenters. The summed E-state index contributed by atoms with van der Waals surface area (Å²) in [5.74, 6) is -0.249. The summed E-state index contributed by atoms with van der Waals surface area (Å²) in [7, 11) is -5.50. The van der Waals surface area contributed by atoms with Crippen molar-refractivity contribution in [3.8, 4) is 0 Å². The monoisotopic (exact) mass is 246 g/mol. The molecule has 0 aromatic rings. The Kier molecular flexibility index (Phi) is 5.13. The van der Waals surface area contributed by atoms with Gasteiger partial charge in [0.05, 0.1) is 0 Å². The van der Waals surface area contributed by atoms with Crippen LogP contribution in [0.3, 0.4) is 0 Å². The van der Waals surface area contributed by atoms with Crippen molar-refractivity contribution in [1.29, 1.82) is 0 Å². The van der Waals surface area contributed by atoms with Gasteiger partial charge < -0.3 is 4.18 Å². The number of hydrogen-bond acceptors (Lipinski definition) is 3. The van der Waals surface area contributed by atoms with Crippen molar-refractivity contribution in [1.82, 2.24) is 0 Å². The third-order valence-corrected chi connectivity index (χ3v) is 2.56. The van der Waals surface area contributed by atoms with Crippen LogP contribution in [0.5, 0.6) is 0 Å². The third-order valence-electron chi connectivity index (χ3n) is 1.51. The van der Waals surface area contributed by atoms with E-state index in [-0.39, 0.29) is 5.76 Å². The van der Waals surface area contributed by atoms with E-state index in [2.05, 4.69) is 4.18 Å². The number of halogens is 3. The van der Waals surface area contributed by atoms with Gasteiger partial charge in [-0.2, -0.15) is 21.6 Å². The largest absolute Gasteiger partial charge is 0.534 e. The summed E-state index contributed by atoms with van der Waals surface area (Å²) >= 11 is 0. The SMILES string of the molecule is CCCCC=C(C)OS(=O)(=O)C(F)(F)F. The number of unbranched alkanes of at least 4 members (excludes halogenated alkanes) is 2. The molecule has 0 heterocycles. The number of rotatable bonds is 5. The maximum atomic E-state index is 11.8. The Morgan fingerprint density at radius 3 is 2.33 bits per heavy atom. The van der Waals surface area contributed by atoms with Gasteiger partial charge in [-0.1, -0.05) is 13.3 Å². The fraction of sp³-hybridized carbons (Fsp3) is 0.750. The first-order chi connectivity index (χ1) is 6.70. The van der Waals surface area contributed by atoms with Crippen molar-refractivity contribution >= 4 is 10.1 Å². The second kappa shape index (κ2) is 5.39. The van der Waals surface area contributed by atoms with Gasteiger partial charge in [-0.25, -0.2) is 0 Å². The van der Waals surface area contributed by atoms with Crippen LogP contribution in [0, 0.1) is 0 Å². The third kappa shape index (κ3) is 5.06. The molecule has 0 saturated heterocycles. The van der Waals surface area contributed by atoms with E-state index >= 15 is 0 Å². The summed E-state index contributed by atoms with van der Waals surface area (Å²) in [6.45, 7) is 3.09. The number of alkyl halides is 3. The van der Waals surface area contributed by atoms with Gasteiger partial charge in [0.25, 0.3) is 0 Å². The second-order valence-electron chi connectivity index (χ2n) is 2.94. The Balaban J connectivity index is 4.42. The Morgan fingerprint density at radius 2 is 1.93 bits per heavy atom. The van der Waals surface area contributed by atoms with Crippen molar-refractivity contribution in [2.24, 2.45) is 0 Å². The van der Waals surface area contributed by atoms with E-state index in [1.807, 2.05) is 6.92 Å². The molecule has 0 aliphatic carbocycles. The van der Waals surface area contributed by atoms with Gasteiger partial charge in [0.2, 0.25) is 0 Å². The van der Waals surface area contributed by atoms with Crippen molar-refractivity contribution in [2.45, 2.75) is 38.6 Å². The first-order valence-electron chi connectivity index (χ1n) is 4.38. The molecule has 0 bridgehead atoms. The molecule has 0 aliphatic rings. The summed E-state index contributed by atoms with van der Waals surface area (Å²) in [6, 6.07) is 0. The lowest BCUT2D eigenvalue weighted by Crippen LogP contribution is -2.24. The van der Waals surface area contributed by atoms with E-state index in [1.165, 1.54) is 13.0 Å². The van der Waals surface area contributed by atoms with E-state index in [0.29, 0.717) is 6.42 Å². The topological polar surface area (TPSA) is 43.4 Å². The summed E-state index contributed by atoms with van der Waals surface area (Å²) in [5, 5.41) is 0. The van der Waals surface area contributed by atoms with Gasteiger partial charge >= 0.3 is 15.6 Å². The molecular weight excluding hydrogens is 233 g/mol. The molecule has 0 amide bonds. The van der Waals surface area contributed by atoms with Crippen LogP contribution in [-0.2, 0) is 14.3 Å². The maximum absolute atomic E-state index is 11.8. The van der Waals surface area contributed by atoms with Crippen LogP contribution in [0.25, 0.3) is 0 Å². The van der Waals surface area contributed by atoms with Gasteiger partial charge in [0.1, 0.15) is 5.76 Å². The zero-order valence-electron chi connectivity index (χ0n) is 8.47. The zero-order valence-corrected chi connectivity index (χ0v) is 9.28. The molecular formula is C8H13F3O3S. The molecule has 7 heteroatoms. The molecule has 3 nitrogen and oxygen atoms in total. The molecule has 0 atom stereocenters. The molecule has 0 radical (unpaired) electrons. The summed E-state index contributed by atoms with van der Waals surface area (Å²) in [6.07, 6.45) is 3.46. The minimum absolute atomic E-state index is 0.249. The molecule has 0 saturated carbocycles. The quantitative estimate of drug-likeness (QED) is 0.324. The van der Waals surface area contributed by atoms with Crippen LogP contribution < -0.4 is 0 Å². The van der Waals surface area contributed by atoms with E-state index < -0.39 is 15.6 Å². The van der Waals surface area contributed by atoms with Crippen molar-refractivity contribution in [3.63, 3.8) is 0 Å². The maximum Gasteiger partial charge on any atom is 0.534 e. The normalized spacial score (nSPS) is 14.1. The summed E-state index contributed by atoms with van der Waals surface area (Å²) in [4.78, 5) is 0. The smallest absolute Gasteiger partial charge is 0.381 e.